The highest BCUT2D eigenvalue weighted by Gasteiger charge is 2.08. The van der Waals surface area contributed by atoms with Crippen LogP contribution in [0.4, 0.5) is 11.9 Å². The minimum atomic E-state index is -0.240. The quantitative estimate of drug-likeness (QED) is 0.592. The molecule has 0 bridgehead atoms. The Bertz CT molecular complexity index is 1150. The van der Waals surface area contributed by atoms with Crippen LogP contribution < -0.4 is 10.9 Å². The van der Waals surface area contributed by atoms with Crippen LogP contribution in [0.15, 0.2) is 59.4 Å². The maximum absolute atomic E-state index is 12.0. The number of aromatic nitrogens is 4. The summed E-state index contributed by atoms with van der Waals surface area (Å²) in [5.41, 5.74) is 4.07. The Morgan fingerprint density at radius 1 is 0.923 bits per heavy atom. The molecule has 0 saturated carbocycles. The second kappa shape index (κ2) is 6.40. The van der Waals surface area contributed by atoms with Crippen molar-refractivity contribution in [3.63, 3.8) is 0 Å². The van der Waals surface area contributed by atoms with Gasteiger partial charge in [-0.15, -0.1) is 0 Å². The third kappa shape index (κ3) is 3.17. The summed E-state index contributed by atoms with van der Waals surface area (Å²) in [6.07, 6.45) is 0. The molecule has 4 aromatic rings. The molecule has 2 N–H and O–H groups in total. The van der Waals surface area contributed by atoms with E-state index in [0.29, 0.717) is 17.6 Å². The summed E-state index contributed by atoms with van der Waals surface area (Å²) in [4.78, 5) is 28.2. The molecule has 6 heteroatoms. The van der Waals surface area contributed by atoms with E-state index in [1.54, 1.807) is 0 Å². The van der Waals surface area contributed by atoms with Crippen LogP contribution in [0.1, 0.15) is 11.3 Å². The van der Waals surface area contributed by atoms with Gasteiger partial charge in [-0.25, -0.2) is 15.0 Å². The molecule has 0 spiro atoms. The van der Waals surface area contributed by atoms with Crippen molar-refractivity contribution in [1.29, 1.82) is 0 Å². The van der Waals surface area contributed by atoms with Crippen molar-refractivity contribution in [2.45, 2.75) is 13.8 Å². The fourth-order valence-corrected chi connectivity index (χ4v) is 2.79. The minimum absolute atomic E-state index is 0.240. The molecule has 0 radical (unpaired) electrons. The van der Waals surface area contributed by atoms with Gasteiger partial charge in [-0.3, -0.25) is 15.1 Å². The number of fused-ring (bicyclic) bond motifs is 1. The molecule has 0 aliphatic heterocycles. The zero-order valence-corrected chi connectivity index (χ0v) is 14.4. The molecule has 0 atom stereocenters. The topological polar surface area (TPSA) is 83.6 Å². The predicted octanol–water partition coefficient (Wildman–Crippen LogP) is 3.74. The molecule has 0 saturated heterocycles. The van der Waals surface area contributed by atoms with Crippen molar-refractivity contribution >= 4 is 22.8 Å². The van der Waals surface area contributed by atoms with Gasteiger partial charge in [0.2, 0.25) is 11.9 Å². The van der Waals surface area contributed by atoms with Crippen molar-refractivity contribution in [3.05, 3.63) is 76.2 Å². The summed E-state index contributed by atoms with van der Waals surface area (Å²) >= 11 is 0. The maximum atomic E-state index is 12.0. The number of hydrogen-bond acceptors (Lipinski definition) is 5. The van der Waals surface area contributed by atoms with Gasteiger partial charge in [0.1, 0.15) is 0 Å². The lowest BCUT2D eigenvalue weighted by Gasteiger charge is -2.08. The van der Waals surface area contributed by atoms with Gasteiger partial charge in [0.15, 0.2) is 0 Å². The molecular formula is C20H17N5O. The van der Waals surface area contributed by atoms with Crippen LogP contribution in [0.3, 0.4) is 0 Å². The van der Waals surface area contributed by atoms with Crippen molar-refractivity contribution in [3.8, 4) is 11.3 Å². The molecule has 2 heterocycles. The number of benzene rings is 2. The summed E-state index contributed by atoms with van der Waals surface area (Å²) in [7, 11) is 0. The lowest BCUT2D eigenvalue weighted by Crippen LogP contribution is -2.12. The van der Waals surface area contributed by atoms with E-state index in [1.807, 2.05) is 62.4 Å². The molecule has 0 fully saturated rings. The average Bonchev–Trinajstić information content (AvgIpc) is 2.62. The molecule has 0 aliphatic rings. The Labute approximate surface area is 150 Å². The average molecular weight is 343 g/mol. The number of nitrogens with one attached hydrogen (secondary N) is 2. The second-order valence-electron chi connectivity index (χ2n) is 6.12. The number of nitrogens with zero attached hydrogens (tertiary/aromatic N) is 3. The molecule has 2 aromatic carbocycles. The number of aryl methyl sites for hydroxylation is 2. The fourth-order valence-electron chi connectivity index (χ4n) is 2.79. The predicted molar refractivity (Wildman–Crippen MR) is 103 cm³/mol. The Morgan fingerprint density at radius 2 is 1.69 bits per heavy atom. The van der Waals surface area contributed by atoms with Gasteiger partial charge < -0.3 is 0 Å². The third-order valence-electron chi connectivity index (χ3n) is 4.11. The molecule has 0 amide bonds. The van der Waals surface area contributed by atoms with Crippen molar-refractivity contribution in [1.82, 2.24) is 19.9 Å². The molecule has 0 unspecified atom stereocenters. The first kappa shape index (κ1) is 16.0. The summed E-state index contributed by atoms with van der Waals surface area (Å²) in [5, 5.41) is 4.00. The van der Waals surface area contributed by atoms with E-state index in [9.17, 15) is 4.79 Å². The summed E-state index contributed by atoms with van der Waals surface area (Å²) in [5.74, 6) is 0.702. The van der Waals surface area contributed by atoms with Crippen LogP contribution in [0.25, 0.3) is 22.2 Å². The van der Waals surface area contributed by atoms with Gasteiger partial charge in [-0.1, -0.05) is 48.0 Å². The van der Waals surface area contributed by atoms with Gasteiger partial charge >= 0.3 is 0 Å². The first-order valence-electron chi connectivity index (χ1n) is 8.27. The van der Waals surface area contributed by atoms with E-state index < -0.39 is 0 Å². The lowest BCUT2D eigenvalue weighted by atomic mass is 10.1. The van der Waals surface area contributed by atoms with Gasteiger partial charge in [-0.05, 0) is 19.9 Å². The normalized spacial score (nSPS) is 10.8. The summed E-state index contributed by atoms with van der Waals surface area (Å²) < 4.78 is 0. The number of aromatic amines is 1. The van der Waals surface area contributed by atoms with E-state index in [2.05, 4.69) is 25.3 Å². The number of H-pyrrole nitrogens is 1. The Morgan fingerprint density at radius 3 is 2.50 bits per heavy atom. The summed E-state index contributed by atoms with van der Waals surface area (Å²) in [6.45, 7) is 3.94. The van der Waals surface area contributed by atoms with Gasteiger partial charge in [0, 0.05) is 17.0 Å². The largest absolute Gasteiger partial charge is 0.294 e. The van der Waals surface area contributed by atoms with Crippen LogP contribution in [0, 0.1) is 13.8 Å². The minimum Gasteiger partial charge on any atom is -0.294 e. The van der Waals surface area contributed by atoms with Crippen LogP contribution in [0.2, 0.25) is 0 Å². The van der Waals surface area contributed by atoms with Gasteiger partial charge in [0.25, 0.3) is 5.56 Å². The first-order valence-corrected chi connectivity index (χ1v) is 8.27. The smallest absolute Gasteiger partial charge is 0.252 e. The zero-order valence-electron chi connectivity index (χ0n) is 14.4. The molecule has 6 nitrogen and oxygen atoms in total. The zero-order chi connectivity index (χ0) is 18.1. The second-order valence-corrected chi connectivity index (χ2v) is 6.12. The van der Waals surface area contributed by atoms with E-state index >= 15 is 0 Å². The van der Waals surface area contributed by atoms with E-state index in [1.165, 1.54) is 6.07 Å². The number of para-hydroxylation sites is 1. The first-order chi connectivity index (χ1) is 12.6. The highest BCUT2D eigenvalue weighted by molar-refractivity contribution is 5.81. The van der Waals surface area contributed by atoms with Crippen molar-refractivity contribution in [2.75, 3.05) is 5.32 Å². The van der Waals surface area contributed by atoms with Crippen LogP contribution in [0.5, 0.6) is 0 Å². The van der Waals surface area contributed by atoms with Crippen LogP contribution in [-0.2, 0) is 0 Å². The Kier molecular flexibility index (Phi) is 3.93. The highest BCUT2D eigenvalue weighted by atomic mass is 16.1. The highest BCUT2D eigenvalue weighted by Crippen LogP contribution is 2.20. The monoisotopic (exact) mass is 343 g/mol. The fraction of sp³-hybridized carbons (Fsp3) is 0.100. The molecular weight excluding hydrogens is 326 g/mol. The van der Waals surface area contributed by atoms with Gasteiger partial charge in [-0.2, -0.15) is 0 Å². The van der Waals surface area contributed by atoms with Crippen molar-refractivity contribution in [2.24, 2.45) is 0 Å². The van der Waals surface area contributed by atoms with Crippen LogP contribution >= 0.6 is 0 Å². The lowest BCUT2D eigenvalue weighted by molar-refractivity contribution is 1.08. The molecule has 2 aromatic heterocycles. The Hall–Kier alpha value is -3.54. The molecule has 0 aliphatic carbocycles. The van der Waals surface area contributed by atoms with Gasteiger partial charge in [0.05, 0.1) is 16.9 Å². The standard InChI is InChI=1S/C20H17N5O/c1-12-7-9-14(10-8-12)17-11-18(26)24-20(23-17)25-19-21-13(2)15-5-3-4-6-16(15)22-19/h3-11H,1-2H3,(H2,21,22,23,24,25,26). The number of hydrogen-bond donors (Lipinski definition) is 2. The van der Waals surface area contributed by atoms with E-state index in [0.717, 1.165) is 27.7 Å². The van der Waals surface area contributed by atoms with E-state index in [-0.39, 0.29) is 5.56 Å². The molecule has 26 heavy (non-hydrogen) atoms. The Balaban J connectivity index is 1.73. The van der Waals surface area contributed by atoms with E-state index in [4.69, 9.17) is 0 Å². The summed E-state index contributed by atoms with van der Waals surface area (Å²) in [6, 6.07) is 17.1. The third-order valence-corrected chi connectivity index (χ3v) is 4.11. The van der Waals surface area contributed by atoms with Crippen LogP contribution in [-0.4, -0.2) is 19.9 Å². The molecule has 128 valence electrons. The SMILES string of the molecule is Cc1ccc(-c2cc(=O)[nH]c(Nc3nc(C)c4ccccc4n3)n2)cc1. The number of rotatable bonds is 3. The molecule has 4 rings (SSSR count). The number of anilines is 2. The maximum Gasteiger partial charge on any atom is 0.252 e. The van der Waals surface area contributed by atoms with Crippen molar-refractivity contribution < 1.29 is 0 Å².